The van der Waals surface area contributed by atoms with Gasteiger partial charge in [0, 0.05) is 24.5 Å². The molecule has 17 heavy (non-hydrogen) atoms. The predicted molar refractivity (Wildman–Crippen MR) is 69.9 cm³/mol. The molecule has 0 aliphatic rings. The van der Waals surface area contributed by atoms with Crippen LogP contribution >= 0.6 is 11.3 Å². The van der Waals surface area contributed by atoms with Gasteiger partial charge in [0.2, 0.25) is 0 Å². The number of pyridine rings is 1. The van der Waals surface area contributed by atoms with Gasteiger partial charge >= 0.3 is 0 Å². The molecule has 0 fully saturated rings. The molecule has 2 aromatic heterocycles. The molecule has 90 valence electrons. The molecule has 2 heterocycles. The fraction of sp³-hybridized carbons (Fsp3) is 0.417. The molecule has 0 saturated carbocycles. The van der Waals surface area contributed by atoms with E-state index in [1.54, 1.807) is 11.3 Å². The Morgan fingerprint density at radius 2 is 2.18 bits per heavy atom. The Kier molecular flexibility index (Phi) is 4.17. The lowest BCUT2D eigenvalue weighted by Crippen LogP contribution is -2.13. The minimum atomic E-state index is 0.796. The van der Waals surface area contributed by atoms with Crippen LogP contribution in [0.5, 0.6) is 0 Å². The van der Waals surface area contributed by atoms with E-state index in [4.69, 9.17) is 0 Å². The van der Waals surface area contributed by atoms with Crippen molar-refractivity contribution in [3.8, 4) is 10.6 Å². The SMILES string of the molecule is CCCNCc1nnc(-c2cncc(C)c2)s1. The van der Waals surface area contributed by atoms with Crippen LogP contribution in [0.1, 0.15) is 23.9 Å². The van der Waals surface area contributed by atoms with E-state index in [0.717, 1.165) is 40.7 Å². The summed E-state index contributed by atoms with van der Waals surface area (Å²) in [5.41, 5.74) is 2.19. The molecule has 0 unspecified atom stereocenters. The molecule has 2 aromatic rings. The summed E-state index contributed by atoms with van der Waals surface area (Å²) in [5, 5.41) is 13.6. The monoisotopic (exact) mass is 248 g/mol. The van der Waals surface area contributed by atoms with Crippen molar-refractivity contribution in [1.29, 1.82) is 0 Å². The number of nitrogens with zero attached hydrogens (tertiary/aromatic N) is 3. The molecule has 0 atom stereocenters. The molecular weight excluding hydrogens is 232 g/mol. The Morgan fingerprint density at radius 1 is 1.29 bits per heavy atom. The number of nitrogens with one attached hydrogen (secondary N) is 1. The molecule has 0 bridgehead atoms. The normalized spacial score (nSPS) is 10.7. The molecule has 0 saturated heterocycles. The summed E-state index contributed by atoms with van der Waals surface area (Å²) < 4.78 is 0. The summed E-state index contributed by atoms with van der Waals surface area (Å²) in [6, 6.07) is 2.08. The Hall–Kier alpha value is -1.33. The molecule has 1 N–H and O–H groups in total. The van der Waals surface area contributed by atoms with Crippen molar-refractivity contribution in [3.05, 3.63) is 29.0 Å². The third-order valence-electron chi connectivity index (χ3n) is 2.29. The maximum Gasteiger partial charge on any atom is 0.149 e. The highest BCUT2D eigenvalue weighted by Crippen LogP contribution is 2.23. The number of aryl methyl sites for hydroxylation is 1. The maximum atomic E-state index is 4.19. The van der Waals surface area contributed by atoms with Crippen LogP contribution in [0.25, 0.3) is 10.6 Å². The molecule has 4 nitrogen and oxygen atoms in total. The van der Waals surface area contributed by atoms with Gasteiger partial charge in [-0.3, -0.25) is 4.98 Å². The van der Waals surface area contributed by atoms with E-state index in [0.29, 0.717) is 0 Å². The van der Waals surface area contributed by atoms with Crippen molar-refractivity contribution in [2.45, 2.75) is 26.8 Å². The third kappa shape index (κ3) is 3.31. The van der Waals surface area contributed by atoms with Crippen LogP contribution in [0.3, 0.4) is 0 Å². The molecule has 0 aliphatic heterocycles. The van der Waals surface area contributed by atoms with E-state index in [1.807, 2.05) is 19.3 Å². The van der Waals surface area contributed by atoms with E-state index in [1.165, 1.54) is 0 Å². The third-order valence-corrected chi connectivity index (χ3v) is 3.26. The van der Waals surface area contributed by atoms with Crippen LogP contribution < -0.4 is 5.32 Å². The van der Waals surface area contributed by atoms with Gasteiger partial charge in [-0.05, 0) is 31.5 Å². The first kappa shape index (κ1) is 12.1. The summed E-state index contributed by atoms with van der Waals surface area (Å²) in [4.78, 5) is 4.17. The summed E-state index contributed by atoms with van der Waals surface area (Å²) in [7, 11) is 0. The minimum Gasteiger partial charge on any atom is -0.310 e. The fourth-order valence-electron chi connectivity index (χ4n) is 1.49. The predicted octanol–water partition coefficient (Wildman–Crippen LogP) is 2.41. The van der Waals surface area contributed by atoms with E-state index >= 15 is 0 Å². The fourth-order valence-corrected chi connectivity index (χ4v) is 2.28. The zero-order valence-electron chi connectivity index (χ0n) is 10.1. The Balaban J connectivity index is 2.07. The zero-order chi connectivity index (χ0) is 12.1. The van der Waals surface area contributed by atoms with Gasteiger partial charge < -0.3 is 5.32 Å². The summed E-state index contributed by atoms with van der Waals surface area (Å²) >= 11 is 1.62. The van der Waals surface area contributed by atoms with Crippen molar-refractivity contribution in [3.63, 3.8) is 0 Å². The number of hydrogen-bond donors (Lipinski definition) is 1. The number of hydrogen-bond acceptors (Lipinski definition) is 5. The van der Waals surface area contributed by atoms with Crippen LogP contribution in [0.4, 0.5) is 0 Å². The molecular formula is C12H16N4S. The second-order valence-corrected chi connectivity index (χ2v) is 4.99. The highest BCUT2D eigenvalue weighted by atomic mass is 32.1. The molecule has 0 radical (unpaired) electrons. The summed E-state index contributed by atoms with van der Waals surface area (Å²) in [6.45, 7) is 5.99. The zero-order valence-corrected chi connectivity index (χ0v) is 10.9. The van der Waals surface area contributed by atoms with Crippen LogP contribution in [0.15, 0.2) is 18.5 Å². The van der Waals surface area contributed by atoms with Gasteiger partial charge in [0.15, 0.2) is 0 Å². The standard InChI is InChI=1S/C12H16N4S/c1-3-4-13-8-11-15-16-12(17-11)10-5-9(2)6-14-7-10/h5-7,13H,3-4,8H2,1-2H3. The lowest BCUT2D eigenvalue weighted by atomic mass is 10.2. The Bertz CT molecular complexity index is 481. The van der Waals surface area contributed by atoms with Crippen LogP contribution in [-0.4, -0.2) is 21.7 Å². The lowest BCUT2D eigenvalue weighted by Gasteiger charge is -1.97. The Morgan fingerprint density at radius 3 is 2.94 bits per heavy atom. The molecule has 2 rings (SSSR count). The molecule has 5 heteroatoms. The van der Waals surface area contributed by atoms with E-state index in [2.05, 4.69) is 33.5 Å². The summed E-state index contributed by atoms with van der Waals surface area (Å²) in [6.07, 6.45) is 4.80. The first-order chi connectivity index (χ1) is 8.29. The van der Waals surface area contributed by atoms with Crippen LogP contribution in [0.2, 0.25) is 0 Å². The maximum absolute atomic E-state index is 4.19. The van der Waals surface area contributed by atoms with Crippen molar-refractivity contribution >= 4 is 11.3 Å². The van der Waals surface area contributed by atoms with E-state index in [9.17, 15) is 0 Å². The van der Waals surface area contributed by atoms with Crippen molar-refractivity contribution < 1.29 is 0 Å². The number of aromatic nitrogens is 3. The smallest absolute Gasteiger partial charge is 0.149 e. The number of rotatable bonds is 5. The topological polar surface area (TPSA) is 50.7 Å². The molecule has 0 spiro atoms. The van der Waals surface area contributed by atoms with Gasteiger partial charge in [-0.2, -0.15) is 0 Å². The average molecular weight is 248 g/mol. The highest BCUT2D eigenvalue weighted by Gasteiger charge is 2.06. The van der Waals surface area contributed by atoms with Crippen molar-refractivity contribution in [2.24, 2.45) is 0 Å². The van der Waals surface area contributed by atoms with E-state index < -0.39 is 0 Å². The van der Waals surface area contributed by atoms with Gasteiger partial charge in [-0.15, -0.1) is 10.2 Å². The minimum absolute atomic E-state index is 0.796. The first-order valence-electron chi connectivity index (χ1n) is 5.74. The van der Waals surface area contributed by atoms with Crippen molar-refractivity contribution in [2.75, 3.05) is 6.54 Å². The van der Waals surface area contributed by atoms with Crippen LogP contribution in [-0.2, 0) is 6.54 Å². The van der Waals surface area contributed by atoms with Crippen LogP contribution in [0, 0.1) is 6.92 Å². The highest BCUT2D eigenvalue weighted by molar-refractivity contribution is 7.14. The quantitative estimate of drug-likeness (QED) is 0.826. The average Bonchev–Trinajstić information content (AvgIpc) is 2.78. The molecule has 0 aliphatic carbocycles. The van der Waals surface area contributed by atoms with E-state index in [-0.39, 0.29) is 0 Å². The summed E-state index contributed by atoms with van der Waals surface area (Å²) in [5.74, 6) is 0. The Labute approximate surface area is 105 Å². The van der Waals surface area contributed by atoms with Gasteiger partial charge in [0.25, 0.3) is 0 Å². The largest absolute Gasteiger partial charge is 0.310 e. The van der Waals surface area contributed by atoms with Gasteiger partial charge in [-0.1, -0.05) is 18.3 Å². The van der Waals surface area contributed by atoms with Gasteiger partial charge in [-0.25, -0.2) is 0 Å². The second kappa shape index (κ2) is 5.84. The van der Waals surface area contributed by atoms with Gasteiger partial charge in [0.1, 0.15) is 10.0 Å². The molecule has 0 aromatic carbocycles. The second-order valence-electron chi connectivity index (χ2n) is 3.93. The lowest BCUT2D eigenvalue weighted by molar-refractivity contribution is 0.668. The van der Waals surface area contributed by atoms with Crippen molar-refractivity contribution in [1.82, 2.24) is 20.5 Å². The first-order valence-corrected chi connectivity index (χ1v) is 6.56. The molecule has 0 amide bonds. The van der Waals surface area contributed by atoms with Gasteiger partial charge in [0.05, 0.1) is 0 Å².